The minimum Gasteiger partial charge on any atom is -0.396 e. The molecule has 0 unspecified atom stereocenters. The average molecular weight is 199 g/mol. The van der Waals surface area contributed by atoms with Crippen LogP contribution in [0.4, 0.5) is 0 Å². The molecule has 0 radical (unpaired) electrons. The minimum absolute atomic E-state index is 0.136. The van der Waals surface area contributed by atoms with Gasteiger partial charge in [-0.1, -0.05) is 36.4 Å². The van der Waals surface area contributed by atoms with Crippen LogP contribution in [0.1, 0.15) is 5.69 Å². The van der Waals surface area contributed by atoms with Gasteiger partial charge in [-0.25, -0.2) is 0 Å². The number of rotatable bonds is 3. The number of hydrogen-bond acceptors (Lipinski definition) is 2. The molecular formula is C13H13NO. The third-order valence-corrected chi connectivity index (χ3v) is 2.32. The van der Waals surface area contributed by atoms with Crippen LogP contribution in [0.3, 0.4) is 0 Å². The van der Waals surface area contributed by atoms with Gasteiger partial charge in [0.2, 0.25) is 0 Å². The van der Waals surface area contributed by atoms with E-state index in [1.165, 1.54) is 0 Å². The van der Waals surface area contributed by atoms with Crippen LogP contribution < -0.4 is 0 Å². The predicted octanol–water partition coefficient (Wildman–Crippen LogP) is 2.28. The molecule has 2 rings (SSSR count). The Kier molecular flexibility index (Phi) is 3.10. The Morgan fingerprint density at radius 2 is 1.80 bits per heavy atom. The zero-order valence-corrected chi connectivity index (χ0v) is 8.43. The highest BCUT2D eigenvalue weighted by atomic mass is 16.3. The lowest BCUT2D eigenvalue weighted by molar-refractivity contribution is 0.298. The van der Waals surface area contributed by atoms with E-state index >= 15 is 0 Å². The van der Waals surface area contributed by atoms with Gasteiger partial charge in [0.05, 0.1) is 5.69 Å². The lowest BCUT2D eigenvalue weighted by Crippen LogP contribution is -1.97. The van der Waals surface area contributed by atoms with Crippen LogP contribution in [0.2, 0.25) is 0 Å². The standard InChI is InChI=1S/C13H13NO/c15-10-8-13-12(7-4-9-14-13)11-5-2-1-3-6-11/h1-7,9,15H,8,10H2. The van der Waals surface area contributed by atoms with Gasteiger partial charge in [-0.2, -0.15) is 0 Å². The molecule has 1 heterocycles. The third kappa shape index (κ3) is 2.22. The summed E-state index contributed by atoms with van der Waals surface area (Å²) in [6, 6.07) is 14.1. The first-order valence-corrected chi connectivity index (χ1v) is 5.02. The number of aliphatic hydroxyl groups excluding tert-OH is 1. The van der Waals surface area contributed by atoms with Crippen LogP contribution in [-0.4, -0.2) is 16.7 Å². The van der Waals surface area contributed by atoms with Crippen LogP contribution in [0.5, 0.6) is 0 Å². The van der Waals surface area contributed by atoms with Crippen molar-refractivity contribution in [2.24, 2.45) is 0 Å². The molecule has 76 valence electrons. The van der Waals surface area contributed by atoms with Crippen LogP contribution in [-0.2, 0) is 6.42 Å². The van der Waals surface area contributed by atoms with Crippen LogP contribution in [0, 0.1) is 0 Å². The fourth-order valence-electron chi connectivity index (χ4n) is 1.62. The molecule has 0 atom stereocenters. The van der Waals surface area contributed by atoms with E-state index in [9.17, 15) is 0 Å². The molecule has 0 fully saturated rings. The molecule has 0 saturated carbocycles. The van der Waals surface area contributed by atoms with Gasteiger partial charge in [-0.05, 0) is 11.6 Å². The Morgan fingerprint density at radius 3 is 2.53 bits per heavy atom. The van der Waals surface area contributed by atoms with Crippen molar-refractivity contribution in [1.82, 2.24) is 4.98 Å². The van der Waals surface area contributed by atoms with E-state index in [4.69, 9.17) is 5.11 Å². The Balaban J connectivity index is 2.43. The number of nitrogens with zero attached hydrogens (tertiary/aromatic N) is 1. The topological polar surface area (TPSA) is 33.1 Å². The molecule has 0 bridgehead atoms. The van der Waals surface area contributed by atoms with Crippen molar-refractivity contribution in [2.75, 3.05) is 6.61 Å². The fraction of sp³-hybridized carbons (Fsp3) is 0.154. The van der Waals surface area contributed by atoms with Crippen LogP contribution >= 0.6 is 0 Å². The second-order valence-corrected chi connectivity index (χ2v) is 3.34. The number of aliphatic hydroxyl groups is 1. The zero-order valence-electron chi connectivity index (χ0n) is 8.43. The highest BCUT2D eigenvalue weighted by molar-refractivity contribution is 5.65. The Labute approximate surface area is 89.2 Å². The number of hydrogen-bond donors (Lipinski definition) is 1. The smallest absolute Gasteiger partial charge is 0.0504 e. The first-order chi connectivity index (χ1) is 7.42. The van der Waals surface area contributed by atoms with E-state index < -0.39 is 0 Å². The largest absolute Gasteiger partial charge is 0.396 e. The van der Waals surface area contributed by atoms with E-state index in [0.717, 1.165) is 16.8 Å². The molecular weight excluding hydrogens is 186 g/mol. The van der Waals surface area contributed by atoms with Gasteiger partial charge >= 0.3 is 0 Å². The molecule has 2 heteroatoms. The summed E-state index contributed by atoms with van der Waals surface area (Å²) in [5.74, 6) is 0. The van der Waals surface area contributed by atoms with E-state index in [1.54, 1.807) is 6.20 Å². The Hall–Kier alpha value is -1.67. The van der Waals surface area contributed by atoms with Crippen molar-refractivity contribution in [3.63, 3.8) is 0 Å². The van der Waals surface area contributed by atoms with Gasteiger partial charge in [0, 0.05) is 24.8 Å². The molecule has 0 aliphatic carbocycles. The molecule has 1 N–H and O–H groups in total. The molecule has 2 nitrogen and oxygen atoms in total. The van der Waals surface area contributed by atoms with Crippen molar-refractivity contribution in [3.05, 3.63) is 54.4 Å². The van der Waals surface area contributed by atoms with E-state index in [0.29, 0.717) is 6.42 Å². The molecule has 15 heavy (non-hydrogen) atoms. The van der Waals surface area contributed by atoms with Gasteiger partial charge < -0.3 is 5.11 Å². The summed E-state index contributed by atoms with van der Waals surface area (Å²) < 4.78 is 0. The predicted molar refractivity (Wildman–Crippen MR) is 60.5 cm³/mol. The molecule has 0 spiro atoms. The highest BCUT2D eigenvalue weighted by Gasteiger charge is 2.04. The van der Waals surface area contributed by atoms with Crippen LogP contribution in [0.25, 0.3) is 11.1 Å². The maximum Gasteiger partial charge on any atom is 0.0504 e. The highest BCUT2D eigenvalue weighted by Crippen LogP contribution is 2.21. The zero-order chi connectivity index (χ0) is 10.5. The molecule has 2 aromatic rings. The molecule has 0 aliphatic heterocycles. The van der Waals surface area contributed by atoms with E-state index in [2.05, 4.69) is 17.1 Å². The Bertz CT molecular complexity index is 426. The van der Waals surface area contributed by atoms with Gasteiger partial charge in [-0.15, -0.1) is 0 Å². The normalized spacial score (nSPS) is 10.2. The summed E-state index contributed by atoms with van der Waals surface area (Å²) in [7, 11) is 0. The van der Waals surface area contributed by atoms with Crippen LogP contribution in [0.15, 0.2) is 48.7 Å². The summed E-state index contributed by atoms with van der Waals surface area (Å²) in [5.41, 5.74) is 3.20. The quantitative estimate of drug-likeness (QED) is 0.822. The number of aromatic nitrogens is 1. The van der Waals surface area contributed by atoms with Gasteiger partial charge in [-0.3, -0.25) is 4.98 Å². The van der Waals surface area contributed by atoms with Gasteiger partial charge in [0.25, 0.3) is 0 Å². The molecule has 0 amide bonds. The first kappa shape index (κ1) is 9.87. The summed E-state index contributed by atoms with van der Waals surface area (Å²) >= 11 is 0. The average Bonchev–Trinajstić information content (AvgIpc) is 2.31. The van der Waals surface area contributed by atoms with Crippen molar-refractivity contribution in [1.29, 1.82) is 0 Å². The minimum atomic E-state index is 0.136. The lowest BCUT2D eigenvalue weighted by Gasteiger charge is -2.06. The second-order valence-electron chi connectivity index (χ2n) is 3.34. The number of pyridine rings is 1. The SMILES string of the molecule is OCCc1ncccc1-c1ccccc1. The van der Waals surface area contributed by atoms with Crippen molar-refractivity contribution in [3.8, 4) is 11.1 Å². The molecule has 0 saturated heterocycles. The summed E-state index contributed by atoms with van der Waals surface area (Å²) in [4.78, 5) is 4.28. The van der Waals surface area contributed by atoms with Crippen molar-refractivity contribution in [2.45, 2.75) is 6.42 Å². The Morgan fingerprint density at radius 1 is 1.00 bits per heavy atom. The van der Waals surface area contributed by atoms with Crippen molar-refractivity contribution >= 4 is 0 Å². The summed E-state index contributed by atoms with van der Waals surface area (Å²) in [6.07, 6.45) is 2.36. The number of benzene rings is 1. The van der Waals surface area contributed by atoms with Gasteiger partial charge in [0.1, 0.15) is 0 Å². The maximum atomic E-state index is 8.95. The van der Waals surface area contributed by atoms with E-state index in [1.807, 2.05) is 30.3 Å². The fourth-order valence-corrected chi connectivity index (χ4v) is 1.62. The first-order valence-electron chi connectivity index (χ1n) is 5.02. The molecule has 1 aromatic carbocycles. The third-order valence-electron chi connectivity index (χ3n) is 2.32. The van der Waals surface area contributed by atoms with Gasteiger partial charge in [0.15, 0.2) is 0 Å². The molecule has 0 aliphatic rings. The van der Waals surface area contributed by atoms with Crippen molar-refractivity contribution < 1.29 is 5.11 Å². The summed E-state index contributed by atoms with van der Waals surface area (Å²) in [6.45, 7) is 0.136. The second kappa shape index (κ2) is 4.71. The van der Waals surface area contributed by atoms with E-state index in [-0.39, 0.29) is 6.61 Å². The lowest BCUT2D eigenvalue weighted by atomic mass is 10.0. The summed E-state index contributed by atoms with van der Waals surface area (Å²) in [5, 5.41) is 8.95. The monoisotopic (exact) mass is 199 g/mol. The maximum absolute atomic E-state index is 8.95. The molecule has 1 aromatic heterocycles.